The number of hydrogen-bond acceptors (Lipinski definition) is 4. The molecule has 1 heterocycles. The quantitative estimate of drug-likeness (QED) is 0.304. The Morgan fingerprint density at radius 1 is 0.906 bits per heavy atom. The summed E-state index contributed by atoms with van der Waals surface area (Å²) in [5.41, 5.74) is 3.30. The third kappa shape index (κ3) is 4.46. The number of nitrogens with zero attached hydrogens (tertiary/aromatic N) is 2. The van der Waals surface area contributed by atoms with E-state index in [1.54, 1.807) is 10.6 Å². The molecule has 0 radical (unpaired) electrons. The summed E-state index contributed by atoms with van der Waals surface area (Å²) in [6, 6.07) is 24.9. The summed E-state index contributed by atoms with van der Waals surface area (Å²) in [4.78, 5) is 30.8. The molecule has 32 heavy (non-hydrogen) atoms. The Morgan fingerprint density at radius 2 is 1.56 bits per heavy atom. The van der Waals surface area contributed by atoms with Crippen molar-refractivity contribution in [1.82, 2.24) is 9.55 Å². The van der Waals surface area contributed by atoms with Crippen molar-refractivity contribution < 1.29 is 4.79 Å². The van der Waals surface area contributed by atoms with Crippen molar-refractivity contribution in [1.29, 1.82) is 0 Å². The number of carbonyl (C=O) groups is 1. The normalized spacial score (nSPS) is 12.1. The van der Waals surface area contributed by atoms with Crippen molar-refractivity contribution in [3.8, 4) is 11.1 Å². The van der Waals surface area contributed by atoms with Crippen LogP contribution < -0.4 is 10.9 Å². The lowest BCUT2D eigenvalue weighted by Gasteiger charge is -2.19. The smallest absolute Gasteiger partial charge is 0.262 e. The first kappa shape index (κ1) is 21.8. The van der Waals surface area contributed by atoms with Crippen molar-refractivity contribution in [2.24, 2.45) is 0 Å². The van der Waals surface area contributed by atoms with Gasteiger partial charge in [0.15, 0.2) is 5.16 Å². The fraction of sp³-hybridized carbons (Fsp3) is 0.192. The number of benzene rings is 3. The number of anilines is 1. The molecule has 4 rings (SSSR count). The average molecular weight is 444 g/mol. The minimum atomic E-state index is -0.447. The number of hydrogen-bond donors (Lipinski definition) is 1. The van der Waals surface area contributed by atoms with Crippen LogP contribution in [0.5, 0.6) is 0 Å². The number of rotatable bonds is 6. The van der Waals surface area contributed by atoms with Crippen LogP contribution in [0.1, 0.15) is 26.8 Å². The minimum Gasteiger partial charge on any atom is -0.325 e. The van der Waals surface area contributed by atoms with Gasteiger partial charge in [-0.2, -0.15) is 0 Å². The number of thioether (sulfide) groups is 1. The molecule has 0 saturated carbocycles. The van der Waals surface area contributed by atoms with Crippen LogP contribution in [0.2, 0.25) is 0 Å². The lowest BCUT2D eigenvalue weighted by Crippen LogP contribution is -2.28. The van der Waals surface area contributed by atoms with E-state index in [9.17, 15) is 9.59 Å². The lowest BCUT2D eigenvalue weighted by molar-refractivity contribution is -0.115. The van der Waals surface area contributed by atoms with Gasteiger partial charge in [0.2, 0.25) is 5.91 Å². The standard InChI is InChI=1S/C26H25N3O2S/c1-17(2)29-25(31)21-14-8-10-16-23(21)28-26(29)32-18(3)24(30)27-22-15-9-7-13-20(22)19-11-5-4-6-12-19/h4-18H,1-3H3,(H,27,30). The summed E-state index contributed by atoms with van der Waals surface area (Å²) in [6.45, 7) is 5.72. The Labute approximate surface area is 191 Å². The summed E-state index contributed by atoms with van der Waals surface area (Å²) >= 11 is 1.30. The summed E-state index contributed by atoms with van der Waals surface area (Å²) < 4.78 is 1.66. The Hall–Kier alpha value is -3.38. The molecule has 0 spiro atoms. The molecular weight excluding hydrogens is 418 g/mol. The third-order valence-corrected chi connectivity index (χ3v) is 6.28. The van der Waals surface area contributed by atoms with Gasteiger partial charge in [-0.3, -0.25) is 14.2 Å². The molecule has 5 nitrogen and oxygen atoms in total. The number of carbonyl (C=O) groups excluding carboxylic acids is 1. The van der Waals surface area contributed by atoms with Crippen molar-refractivity contribution in [3.63, 3.8) is 0 Å². The molecule has 1 atom stereocenters. The van der Waals surface area contributed by atoms with Gasteiger partial charge in [0.25, 0.3) is 5.56 Å². The Balaban J connectivity index is 1.62. The molecule has 0 fully saturated rings. The second-order valence-electron chi connectivity index (χ2n) is 7.84. The second-order valence-corrected chi connectivity index (χ2v) is 9.15. The molecule has 1 N–H and O–H groups in total. The number of fused-ring (bicyclic) bond motifs is 1. The van der Waals surface area contributed by atoms with Crippen molar-refractivity contribution >= 4 is 34.3 Å². The van der Waals surface area contributed by atoms with E-state index in [0.29, 0.717) is 16.1 Å². The van der Waals surface area contributed by atoms with Crippen molar-refractivity contribution in [2.75, 3.05) is 5.32 Å². The molecule has 0 aliphatic heterocycles. The van der Waals surface area contributed by atoms with E-state index >= 15 is 0 Å². The Kier molecular flexibility index (Phi) is 6.42. The van der Waals surface area contributed by atoms with Gasteiger partial charge in [-0.1, -0.05) is 72.4 Å². The van der Waals surface area contributed by atoms with Gasteiger partial charge in [0, 0.05) is 17.3 Å². The first-order valence-corrected chi connectivity index (χ1v) is 11.5. The zero-order valence-corrected chi connectivity index (χ0v) is 19.1. The summed E-state index contributed by atoms with van der Waals surface area (Å²) in [7, 11) is 0. The predicted octanol–water partition coefficient (Wildman–Crippen LogP) is 5.76. The second kappa shape index (κ2) is 9.40. The van der Waals surface area contributed by atoms with E-state index < -0.39 is 5.25 Å². The summed E-state index contributed by atoms with van der Waals surface area (Å²) in [6.07, 6.45) is 0. The SMILES string of the molecule is CC(Sc1nc2ccccc2c(=O)n1C(C)C)C(=O)Nc1ccccc1-c1ccccc1. The maximum atomic E-state index is 13.1. The van der Waals surface area contributed by atoms with E-state index in [0.717, 1.165) is 16.8 Å². The number of aromatic nitrogens is 2. The van der Waals surface area contributed by atoms with Gasteiger partial charge in [0.1, 0.15) is 0 Å². The van der Waals surface area contributed by atoms with E-state index in [1.807, 2.05) is 93.6 Å². The van der Waals surface area contributed by atoms with E-state index in [1.165, 1.54) is 11.8 Å². The molecule has 0 aliphatic carbocycles. The molecule has 3 aromatic carbocycles. The molecular formula is C26H25N3O2S. The highest BCUT2D eigenvalue weighted by atomic mass is 32.2. The fourth-order valence-corrected chi connectivity index (χ4v) is 4.61. The number of nitrogens with one attached hydrogen (secondary N) is 1. The predicted molar refractivity (Wildman–Crippen MR) is 132 cm³/mol. The van der Waals surface area contributed by atoms with Gasteiger partial charge in [-0.15, -0.1) is 0 Å². The first-order valence-electron chi connectivity index (χ1n) is 10.6. The molecule has 162 valence electrons. The maximum absolute atomic E-state index is 13.1. The molecule has 0 aliphatic rings. The van der Waals surface area contributed by atoms with E-state index in [-0.39, 0.29) is 17.5 Å². The van der Waals surface area contributed by atoms with Gasteiger partial charge in [-0.05, 0) is 44.5 Å². The molecule has 1 amide bonds. The molecule has 1 aromatic heterocycles. The van der Waals surface area contributed by atoms with Gasteiger partial charge in [0.05, 0.1) is 16.2 Å². The van der Waals surface area contributed by atoms with Crippen LogP contribution in [0.3, 0.4) is 0 Å². The minimum absolute atomic E-state index is 0.0730. The van der Waals surface area contributed by atoms with Gasteiger partial charge >= 0.3 is 0 Å². The van der Waals surface area contributed by atoms with Crippen LogP contribution in [-0.2, 0) is 4.79 Å². The Morgan fingerprint density at radius 3 is 2.31 bits per heavy atom. The monoisotopic (exact) mass is 443 g/mol. The summed E-state index contributed by atoms with van der Waals surface area (Å²) in [5, 5.41) is 3.73. The van der Waals surface area contributed by atoms with E-state index in [4.69, 9.17) is 4.98 Å². The molecule has 1 unspecified atom stereocenters. The average Bonchev–Trinajstić information content (AvgIpc) is 2.80. The Bertz CT molecular complexity index is 1320. The number of para-hydroxylation sites is 2. The zero-order chi connectivity index (χ0) is 22.7. The van der Waals surface area contributed by atoms with Crippen LogP contribution in [0, 0.1) is 0 Å². The van der Waals surface area contributed by atoms with Gasteiger partial charge < -0.3 is 5.32 Å². The molecule has 6 heteroatoms. The highest BCUT2D eigenvalue weighted by Crippen LogP contribution is 2.30. The maximum Gasteiger partial charge on any atom is 0.262 e. The summed E-state index contributed by atoms with van der Waals surface area (Å²) in [5.74, 6) is -0.143. The van der Waals surface area contributed by atoms with Crippen LogP contribution in [0.15, 0.2) is 88.8 Å². The molecule has 0 bridgehead atoms. The fourth-order valence-electron chi connectivity index (χ4n) is 3.57. The molecule has 4 aromatic rings. The zero-order valence-electron chi connectivity index (χ0n) is 18.3. The van der Waals surface area contributed by atoms with Gasteiger partial charge in [-0.25, -0.2) is 4.98 Å². The van der Waals surface area contributed by atoms with Crippen LogP contribution >= 0.6 is 11.8 Å². The topological polar surface area (TPSA) is 64.0 Å². The van der Waals surface area contributed by atoms with Crippen LogP contribution in [0.4, 0.5) is 5.69 Å². The first-order chi connectivity index (χ1) is 15.5. The third-order valence-electron chi connectivity index (χ3n) is 5.21. The number of amides is 1. The molecule has 0 saturated heterocycles. The van der Waals surface area contributed by atoms with Crippen molar-refractivity contribution in [3.05, 3.63) is 89.2 Å². The largest absolute Gasteiger partial charge is 0.325 e. The lowest BCUT2D eigenvalue weighted by atomic mass is 10.0. The van der Waals surface area contributed by atoms with Crippen LogP contribution in [-0.4, -0.2) is 20.7 Å². The highest BCUT2D eigenvalue weighted by Gasteiger charge is 2.21. The highest BCUT2D eigenvalue weighted by molar-refractivity contribution is 8.00. The van der Waals surface area contributed by atoms with Crippen molar-refractivity contribution in [2.45, 2.75) is 37.2 Å². The van der Waals surface area contributed by atoms with Crippen LogP contribution in [0.25, 0.3) is 22.0 Å². The van der Waals surface area contributed by atoms with E-state index in [2.05, 4.69) is 5.32 Å².